The fraction of sp³-hybridized carbons (Fsp3) is 0.182. The van der Waals surface area contributed by atoms with Crippen LogP contribution in [0.5, 0.6) is 0 Å². The van der Waals surface area contributed by atoms with Crippen LogP contribution in [0.4, 0.5) is 17.2 Å². The van der Waals surface area contributed by atoms with Gasteiger partial charge < -0.3 is 5.73 Å². The van der Waals surface area contributed by atoms with Gasteiger partial charge in [0.05, 0.1) is 5.69 Å². The van der Waals surface area contributed by atoms with Crippen LogP contribution >= 0.6 is 0 Å². The smallest absolute Gasteiger partial charge is 0.293 e. The normalized spacial score (nSPS) is 11.2. The van der Waals surface area contributed by atoms with E-state index in [0.29, 0.717) is 5.69 Å². The highest BCUT2D eigenvalue weighted by molar-refractivity contribution is 5.55. The fourth-order valence-electron chi connectivity index (χ4n) is 1.36. The van der Waals surface area contributed by atoms with Gasteiger partial charge in [-0.25, -0.2) is 0 Å². The zero-order valence-corrected chi connectivity index (χ0v) is 9.61. The van der Waals surface area contributed by atoms with Crippen LogP contribution in [0.3, 0.4) is 0 Å². The molecule has 2 rings (SSSR count). The van der Waals surface area contributed by atoms with Crippen molar-refractivity contribution in [3.8, 4) is 0 Å². The van der Waals surface area contributed by atoms with Gasteiger partial charge in [-0.15, -0.1) is 5.11 Å². The van der Waals surface area contributed by atoms with Crippen molar-refractivity contribution >= 4 is 17.2 Å². The van der Waals surface area contributed by atoms with Crippen LogP contribution in [-0.4, -0.2) is 10.2 Å². The predicted octanol–water partition coefficient (Wildman–Crippen LogP) is 2.32. The summed E-state index contributed by atoms with van der Waals surface area (Å²) in [6.45, 7) is 4.01. The Hall–Kier alpha value is -2.37. The summed E-state index contributed by atoms with van der Waals surface area (Å²) in [6.07, 6.45) is 0. The second kappa shape index (κ2) is 4.25. The predicted molar refractivity (Wildman–Crippen MR) is 65.9 cm³/mol. The third-order valence-corrected chi connectivity index (χ3v) is 2.54. The zero-order chi connectivity index (χ0) is 12.4. The van der Waals surface area contributed by atoms with Crippen LogP contribution in [0.2, 0.25) is 0 Å². The molecule has 0 atom stereocenters. The molecule has 0 aliphatic heterocycles. The second-order valence-electron chi connectivity index (χ2n) is 3.81. The van der Waals surface area contributed by atoms with Crippen LogP contribution in [0.25, 0.3) is 0 Å². The first-order valence-corrected chi connectivity index (χ1v) is 5.13. The van der Waals surface area contributed by atoms with Gasteiger partial charge in [0.25, 0.3) is 5.56 Å². The van der Waals surface area contributed by atoms with Crippen molar-refractivity contribution in [1.82, 2.24) is 10.2 Å². The number of H-pyrrole nitrogens is 2. The van der Waals surface area contributed by atoms with Crippen LogP contribution in [0.15, 0.2) is 33.2 Å². The van der Waals surface area contributed by atoms with Crippen molar-refractivity contribution < 1.29 is 0 Å². The van der Waals surface area contributed by atoms with E-state index in [-0.39, 0.29) is 17.1 Å². The van der Waals surface area contributed by atoms with Gasteiger partial charge in [-0.3, -0.25) is 15.0 Å². The van der Waals surface area contributed by atoms with Gasteiger partial charge in [-0.05, 0) is 37.1 Å². The number of nitrogens with two attached hydrogens (primary N) is 1. The maximum Gasteiger partial charge on any atom is 0.293 e. The number of benzene rings is 1. The average Bonchev–Trinajstić information content (AvgIpc) is 2.61. The third-order valence-electron chi connectivity index (χ3n) is 2.54. The molecule has 0 radical (unpaired) electrons. The fourth-order valence-corrected chi connectivity index (χ4v) is 1.36. The minimum absolute atomic E-state index is 0.100. The monoisotopic (exact) mass is 231 g/mol. The number of nitrogens with zero attached hydrogens (tertiary/aromatic N) is 2. The molecule has 6 nitrogen and oxygen atoms in total. The number of aromatic amines is 2. The Morgan fingerprint density at radius 3 is 2.47 bits per heavy atom. The van der Waals surface area contributed by atoms with Crippen molar-refractivity contribution in [3.63, 3.8) is 0 Å². The van der Waals surface area contributed by atoms with Crippen molar-refractivity contribution in [2.75, 3.05) is 5.73 Å². The first kappa shape index (κ1) is 11.1. The molecular weight excluding hydrogens is 218 g/mol. The summed E-state index contributed by atoms with van der Waals surface area (Å²) in [5, 5.41) is 12.6. The van der Waals surface area contributed by atoms with Crippen LogP contribution in [0.1, 0.15) is 11.1 Å². The van der Waals surface area contributed by atoms with E-state index < -0.39 is 0 Å². The molecule has 0 aliphatic carbocycles. The average molecular weight is 231 g/mol. The first-order chi connectivity index (χ1) is 8.08. The van der Waals surface area contributed by atoms with Gasteiger partial charge >= 0.3 is 0 Å². The lowest BCUT2D eigenvalue weighted by atomic mass is 10.1. The molecule has 0 spiro atoms. The summed E-state index contributed by atoms with van der Waals surface area (Å²) in [6, 6.07) is 5.69. The summed E-state index contributed by atoms with van der Waals surface area (Å²) in [7, 11) is 0. The SMILES string of the molecule is Cc1ccc(N=Nc2c(N)[nH][nH]c2=O)cc1C. The molecule has 0 aliphatic rings. The number of nitrogen functional groups attached to an aromatic ring is 1. The van der Waals surface area contributed by atoms with E-state index in [1.807, 2.05) is 32.0 Å². The lowest BCUT2D eigenvalue weighted by Crippen LogP contribution is -1.96. The number of nitrogens with one attached hydrogen (secondary N) is 2. The molecule has 4 N–H and O–H groups in total. The van der Waals surface area contributed by atoms with Crippen molar-refractivity contribution in [1.29, 1.82) is 0 Å². The quantitative estimate of drug-likeness (QED) is 0.691. The highest BCUT2D eigenvalue weighted by atomic mass is 16.1. The molecule has 0 unspecified atom stereocenters. The number of azo groups is 1. The Morgan fingerprint density at radius 2 is 1.88 bits per heavy atom. The molecule has 0 saturated carbocycles. The number of aryl methyl sites for hydroxylation is 2. The zero-order valence-electron chi connectivity index (χ0n) is 9.61. The molecule has 0 bridgehead atoms. The molecule has 17 heavy (non-hydrogen) atoms. The van der Waals surface area contributed by atoms with E-state index in [1.54, 1.807) is 0 Å². The Balaban J connectivity index is 2.32. The van der Waals surface area contributed by atoms with Gasteiger partial charge in [0.15, 0.2) is 5.69 Å². The first-order valence-electron chi connectivity index (χ1n) is 5.13. The van der Waals surface area contributed by atoms with Crippen molar-refractivity contribution in [2.24, 2.45) is 10.2 Å². The molecule has 0 saturated heterocycles. The van der Waals surface area contributed by atoms with Crippen LogP contribution < -0.4 is 11.3 Å². The largest absolute Gasteiger partial charge is 0.382 e. The topological polar surface area (TPSA) is 99.4 Å². The summed E-state index contributed by atoms with van der Waals surface area (Å²) < 4.78 is 0. The lowest BCUT2D eigenvalue weighted by molar-refractivity contribution is 1.06. The standard InChI is InChI=1S/C11H13N5O/c1-6-3-4-8(5-7(6)2)13-14-9-10(12)15-16-11(9)17/h3-5H,1-2H3,(H4,12,15,16,17). The van der Waals surface area contributed by atoms with E-state index in [1.165, 1.54) is 5.56 Å². The summed E-state index contributed by atoms with van der Waals surface area (Å²) in [5.41, 5.74) is 8.23. The molecular formula is C11H13N5O. The molecule has 1 heterocycles. The molecule has 2 aromatic rings. The molecule has 88 valence electrons. The summed E-state index contributed by atoms with van der Waals surface area (Å²) >= 11 is 0. The van der Waals surface area contributed by atoms with Crippen molar-refractivity contribution in [2.45, 2.75) is 13.8 Å². The summed E-state index contributed by atoms with van der Waals surface area (Å²) in [5.74, 6) is 0.183. The van der Waals surface area contributed by atoms with E-state index in [9.17, 15) is 4.79 Å². The van der Waals surface area contributed by atoms with E-state index >= 15 is 0 Å². The highest BCUT2D eigenvalue weighted by Crippen LogP contribution is 2.20. The lowest BCUT2D eigenvalue weighted by Gasteiger charge is -1.99. The Labute approximate surface area is 97.6 Å². The second-order valence-corrected chi connectivity index (χ2v) is 3.81. The van der Waals surface area contributed by atoms with Crippen molar-refractivity contribution in [3.05, 3.63) is 39.7 Å². The minimum atomic E-state index is -0.380. The molecule has 6 heteroatoms. The van der Waals surface area contributed by atoms with Crippen LogP contribution in [0, 0.1) is 13.8 Å². The van der Waals surface area contributed by atoms with Gasteiger partial charge in [0.1, 0.15) is 5.82 Å². The Kier molecular flexibility index (Phi) is 2.78. The summed E-state index contributed by atoms with van der Waals surface area (Å²) in [4.78, 5) is 11.3. The highest BCUT2D eigenvalue weighted by Gasteiger charge is 2.04. The van der Waals surface area contributed by atoms with Gasteiger partial charge in [-0.2, -0.15) is 5.11 Å². The number of hydrogen-bond donors (Lipinski definition) is 3. The number of aromatic nitrogens is 2. The molecule has 1 aromatic heterocycles. The van der Waals surface area contributed by atoms with Gasteiger partial charge in [0.2, 0.25) is 0 Å². The minimum Gasteiger partial charge on any atom is -0.382 e. The number of hydrogen-bond acceptors (Lipinski definition) is 4. The maximum atomic E-state index is 11.3. The third kappa shape index (κ3) is 2.25. The van der Waals surface area contributed by atoms with E-state index in [2.05, 4.69) is 20.4 Å². The molecule has 0 fully saturated rings. The van der Waals surface area contributed by atoms with Gasteiger partial charge in [-0.1, -0.05) is 6.07 Å². The Morgan fingerprint density at radius 1 is 1.12 bits per heavy atom. The number of anilines is 1. The molecule has 1 aromatic carbocycles. The Bertz CT molecular complexity index is 623. The van der Waals surface area contributed by atoms with Gasteiger partial charge in [0, 0.05) is 0 Å². The number of rotatable bonds is 2. The van der Waals surface area contributed by atoms with Crippen LogP contribution in [-0.2, 0) is 0 Å². The molecule has 0 amide bonds. The maximum absolute atomic E-state index is 11.3. The van der Waals surface area contributed by atoms with E-state index in [0.717, 1.165) is 5.56 Å². The van der Waals surface area contributed by atoms with E-state index in [4.69, 9.17) is 5.73 Å².